The summed E-state index contributed by atoms with van der Waals surface area (Å²) < 4.78 is 4.89. The van der Waals surface area contributed by atoms with Crippen LogP contribution in [0.15, 0.2) is 34.7 Å². The molecule has 0 aliphatic heterocycles. The summed E-state index contributed by atoms with van der Waals surface area (Å²) in [4.78, 5) is 21.9. The number of rotatable bonds is 3. The first-order valence-electron chi connectivity index (χ1n) is 6.38. The highest BCUT2D eigenvalue weighted by Crippen LogP contribution is 2.33. The molecule has 1 N–H and O–H groups in total. The van der Waals surface area contributed by atoms with E-state index in [-0.39, 0.29) is 11.8 Å². The number of benzene rings is 1. The Morgan fingerprint density at radius 3 is 2.90 bits per heavy atom. The van der Waals surface area contributed by atoms with Crippen molar-refractivity contribution in [3.8, 4) is 0 Å². The number of nitrogens with zero attached hydrogens (tertiary/aromatic N) is 1. The van der Waals surface area contributed by atoms with Crippen LogP contribution in [0.25, 0.3) is 0 Å². The zero-order valence-corrected chi connectivity index (χ0v) is 11.6. The van der Waals surface area contributed by atoms with Crippen molar-refractivity contribution >= 4 is 23.4 Å². The molecular formula is C14H11ClN2O4. The van der Waals surface area contributed by atoms with Crippen molar-refractivity contribution in [3.05, 3.63) is 62.4 Å². The van der Waals surface area contributed by atoms with Crippen LogP contribution in [0, 0.1) is 10.1 Å². The fraction of sp³-hybridized carbons (Fsp3) is 0.214. The van der Waals surface area contributed by atoms with Crippen molar-refractivity contribution in [2.24, 2.45) is 0 Å². The minimum atomic E-state index is -0.677. The zero-order chi connectivity index (χ0) is 15.0. The van der Waals surface area contributed by atoms with E-state index in [1.807, 2.05) is 12.1 Å². The highest BCUT2D eigenvalue weighted by atomic mass is 35.5. The van der Waals surface area contributed by atoms with Crippen LogP contribution >= 0.6 is 11.6 Å². The first-order valence-corrected chi connectivity index (χ1v) is 6.76. The molecule has 0 bridgehead atoms. The summed E-state index contributed by atoms with van der Waals surface area (Å²) in [6, 6.07) is 7.89. The van der Waals surface area contributed by atoms with Gasteiger partial charge in [-0.2, -0.15) is 0 Å². The van der Waals surface area contributed by atoms with Gasteiger partial charge in [0.25, 0.3) is 5.91 Å². The maximum atomic E-state index is 12.1. The van der Waals surface area contributed by atoms with Crippen LogP contribution in [-0.2, 0) is 6.42 Å². The van der Waals surface area contributed by atoms with E-state index in [0.717, 1.165) is 30.0 Å². The number of nitro groups is 1. The number of halogens is 1. The standard InChI is InChI=1S/C14H11ClN2O4/c15-9-2-3-10-8(7-9)1-4-11(10)16-14(18)12-5-6-13(21-12)17(19)20/h2-3,5-7,11H,1,4H2,(H,16,18). The molecular weight excluding hydrogens is 296 g/mol. The van der Waals surface area contributed by atoms with E-state index in [9.17, 15) is 14.9 Å². The lowest BCUT2D eigenvalue weighted by atomic mass is 10.1. The Balaban J connectivity index is 1.76. The van der Waals surface area contributed by atoms with Crippen molar-refractivity contribution < 1.29 is 14.1 Å². The predicted octanol–water partition coefficient (Wildman–Crippen LogP) is 3.26. The highest BCUT2D eigenvalue weighted by molar-refractivity contribution is 6.30. The molecule has 7 heteroatoms. The van der Waals surface area contributed by atoms with Gasteiger partial charge in [-0.3, -0.25) is 14.9 Å². The fourth-order valence-electron chi connectivity index (χ4n) is 2.51. The van der Waals surface area contributed by atoms with Gasteiger partial charge in [0.15, 0.2) is 5.76 Å². The minimum Gasteiger partial charge on any atom is -0.395 e. The zero-order valence-electron chi connectivity index (χ0n) is 10.8. The van der Waals surface area contributed by atoms with Gasteiger partial charge < -0.3 is 9.73 Å². The lowest BCUT2D eigenvalue weighted by molar-refractivity contribution is -0.402. The van der Waals surface area contributed by atoms with Gasteiger partial charge in [-0.25, -0.2) is 0 Å². The summed E-state index contributed by atoms with van der Waals surface area (Å²) in [6.45, 7) is 0. The summed E-state index contributed by atoms with van der Waals surface area (Å²) in [7, 11) is 0. The molecule has 2 aromatic rings. The fourth-order valence-corrected chi connectivity index (χ4v) is 2.71. The average molecular weight is 307 g/mol. The molecule has 1 aromatic carbocycles. The van der Waals surface area contributed by atoms with Crippen LogP contribution in [0.3, 0.4) is 0 Å². The molecule has 3 rings (SSSR count). The predicted molar refractivity (Wildman–Crippen MR) is 75.3 cm³/mol. The van der Waals surface area contributed by atoms with Crippen LogP contribution in [0.2, 0.25) is 5.02 Å². The number of hydrogen-bond acceptors (Lipinski definition) is 4. The first kappa shape index (κ1) is 13.6. The summed E-state index contributed by atoms with van der Waals surface area (Å²) in [5.74, 6) is -0.973. The Labute approximate surface area is 124 Å². The maximum Gasteiger partial charge on any atom is 0.433 e. The van der Waals surface area contributed by atoms with Gasteiger partial charge in [0.2, 0.25) is 0 Å². The molecule has 0 fully saturated rings. The largest absolute Gasteiger partial charge is 0.433 e. The molecule has 21 heavy (non-hydrogen) atoms. The van der Waals surface area contributed by atoms with Crippen molar-refractivity contribution in [2.75, 3.05) is 0 Å². The molecule has 108 valence electrons. The quantitative estimate of drug-likeness (QED) is 0.696. The number of furan rings is 1. The van der Waals surface area contributed by atoms with E-state index in [2.05, 4.69) is 5.32 Å². The SMILES string of the molecule is O=C(NC1CCc2cc(Cl)ccc21)c1ccc([N+](=O)[O-])o1. The lowest BCUT2D eigenvalue weighted by Crippen LogP contribution is -2.26. The van der Waals surface area contributed by atoms with Gasteiger partial charge in [-0.05, 0) is 42.2 Å². The van der Waals surface area contributed by atoms with E-state index in [0.29, 0.717) is 5.02 Å². The summed E-state index contributed by atoms with van der Waals surface area (Å²) in [6.07, 6.45) is 1.60. The van der Waals surface area contributed by atoms with E-state index < -0.39 is 16.7 Å². The molecule has 1 atom stereocenters. The molecule has 1 aromatic heterocycles. The van der Waals surface area contributed by atoms with Crippen molar-refractivity contribution in [3.63, 3.8) is 0 Å². The molecule has 0 saturated carbocycles. The first-order chi connectivity index (χ1) is 10.0. The van der Waals surface area contributed by atoms with Gasteiger partial charge >= 0.3 is 5.88 Å². The van der Waals surface area contributed by atoms with Crippen molar-refractivity contribution in [1.82, 2.24) is 5.32 Å². The number of carbonyl (C=O) groups is 1. The monoisotopic (exact) mass is 306 g/mol. The Kier molecular flexibility index (Phi) is 3.39. The molecule has 1 aliphatic carbocycles. The number of carbonyl (C=O) groups excluding carboxylic acids is 1. The van der Waals surface area contributed by atoms with Gasteiger partial charge in [-0.15, -0.1) is 0 Å². The van der Waals surface area contributed by atoms with Crippen LogP contribution in [0.1, 0.15) is 34.1 Å². The summed E-state index contributed by atoms with van der Waals surface area (Å²) in [5.41, 5.74) is 2.13. The van der Waals surface area contributed by atoms with E-state index in [4.69, 9.17) is 16.0 Å². The topological polar surface area (TPSA) is 85.4 Å². The Hall–Kier alpha value is -2.34. The Morgan fingerprint density at radius 2 is 2.19 bits per heavy atom. The Bertz CT molecular complexity index is 726. The van der Waals surface area contributed by atoms with Gasteiger partial charge in [0.1, 0.15) is 4.92 Å². The van der Waals surface area contributed by atoms with E-state index >= 15 is 0 Å². The molecule has 1 heterocycles. The smallest absolute Gasteiger partial charge is 0.395 e. The molecule has 0 radical (unpaired) electrons. The third-order valence-electron chi connectivity index (χ3n) is 3.48. The molecule has 0 saturated heterocycles. The third-order valence-corrected chi connectivity index (χ3v) is 3.72. The second kappa shape index (κ2) is 5.21. The van der Waals surface area contributed by atoms with Crippen LogP contribution in [0.4, 0.5) is 5.88 Å². The molecule has 6 nitrogen and oxygen atoms in total. The number of hydrogen-bond donors (Lipinski definition) is 1. The summed E-state index contributed by atoms with van der Waals surface area (Å²) >= 11 is 5.94. The molecule has 1 aliphatic rings. The van der Waals surface area contributed by atoms with Crippen LogP contribution in [0.5, 0.6) is 0 Å². The number of amides is 1. The average Bonchev–Trinajstić information content (AvgIpc) is 3.06. The normalized spacial score (nSPS) is 16.5. The van der Waals surface area contributed by atoms with E-state index in [1.54, 1.807) is 6.07 Å². The van der Waals surface area contributed by atoms with Crippen molar-refractivity contribution in [1.29, 1.82) is 0 Å². The number of nitrogens with one attached hydrogen (secondary N) is 1. The van der Waals surface area contributed by atoms with Crippen LogP contribution in [-0.4, -0.2) is 10.8 Å². The molecule has 0 spiro atoms. The van der Waals surface area contributed by atoms with Gasteiger partial charge in [-0.1, -0.05) is 17.7 Å². The second-order valence-corrected chi connectivity index (χ2v) is 5.24. The summed E-state index contributed by atoms with van der Waals surface area (Å²) in [5, 5.41) is 14.0. The second-order valence-electron chi connectivity index (χ2n) is 4.80. The van der Waals surface area contributed by atoms with E-state index in [1.165, 1.54) is 6.07 Å². The molecule has 1 unspecified atom stereocenters. The lowest BCUT2D eigenvalue weighted by Gasteiger charge is -2.12. The van der Waals surface area contributed by atoms with Gasteiger partial charge in [0.05, 0.1) is 12.1 Å². The van der Waals surface area contributed by atoms with Crippen LogP contribution < -0.4 is 5.32 Å². The third kappa shape index (κ3) is 2.62. The van der Waals surface area contributed by atoms with Gasteiger partial charge in [0, 0.05) is 5.02 Å². The number of fused-ring (bicyclic) bond motifs is 1. The minimum absolute atomic E-state index is 0.0656. The number of aryl methyl sites for hydroxylation is 1. The maximum absolute atomic E-state index is 12.1. The molecule has 1 amide bonds. The Morgan fingerprint density at radius 1 is 1.38 bits per heavy atom. The van der Waals surface area contributed by atoms with Crippen molar-refractivity contribution in [2.45, 2.75) is 18.9 Å². The highest BCUT2D eigenvalue weighted by Gasteiger charge is 2.26.